The minimum absolute atomic E-state index is 0.165. The summed E-state index contributed by atoms with van der Waals surface area (Å²) in [6.07, 6.45) is 8.99. The molecule has 0 aromatic rings. The van der Waals surface area contributed by atoms with E-state index in [1.54, 1.807) is 6.08 Å². The monoisotopic (exact) mass is 210 g/mol. The molecule has 0 N–H and O–H groups in total. The lowest BCUT2D eigenvalue weighted by Crippen LogP contribution is -2.09. The van der Waals surface area contributed by atoms with Gasteiger partial charge in [-0.3, -0.25) is 0 Å². The summed E-state index contributed by atoms with van der Waals surface area (Å²) in [7, 11) is 0. The van der Waals surface area contributed by atoms with E-state index in [0.717, 1.165) is 18.8 Å². The lowest BCUT2D eigenvalue weighted by molar-refractivity contribution is -0.137. The van der Waals surface area contributed by atoms with Crippen molar-refractivity contribution in [2.24, 2.45) is 5.92 Å². The summed E-state index contributed by atoms with van der Waals surface area (Å²) in [5.41, 5.74) is 1.28. The molecule has 2 heteroatoms. The van der Waals surface area contributed by atoms with Crippen LogP contribution in [0.5, 0.6) is 0 Å². The van der Waals surface area contributed by atoms with Crippen LogP contribution in [0.1, 0.15) is 52.4 Å². The van der Waals surface area contributed by atoms with Gasteiger partial charge in [0.15, 0.2) is 0 Å². The van der Waals surface area contributed by atoms with E-state index < -0.39 is 0 Å². The van der Waals surface area contributed by atoms with E-state index in [9.17, 15) is 4.79 Å². The molecule has 0 bridgehead atoms. The first-order valence-corrected chi connectivity index (χ1v) is 6.12. The Kier molecular flexibility index (Phi) is 5.44. The van der Waals surface area contributed by atoms with Gasteiger partial charge < -0.3 is 4.74 Å². The van der Waals surface area contributed by atoms with Crippen molar-refractivity contribution >= 4 is 5.97 Å². The molecule has 0 aromatic carbocycles. The van der Waals surface area contributed by atoms with Gasteiger partial charge in [0.1, 0.15) is 0 Å². The SMILES string of the molecule is CCCC1CCC(=CC(=O)OCC)CC1. The Morgan fingerprint density at radius 3 is 2.60 bits per heavy atom. The zero-order valence-electron chi connectivity index (χ0n) is 9.92. The van der Waals surface area contributed by atoms with Gasteiger partial charge in [-0.1, -0.05) is 25.3 Å². The molecule has 0 atom stereocenters. The second-order valence-electron chi connectivity index (χ2n) is 4.29. The van der Waals surface area contributed by atoms with Crippen molar-refractivity contribution in [3.63, 3.8) is 0 Å². The van der Waals surface area contributed by atoms with Crippen LogP contribution < -0.4 is 0 Å². The third kappa shape index (κ3) is 4.50. The number of carbonyl (C=O) groups is 1. The Morgan fingerprint density at radius 2 is 2.07 bits per heavy atom. The third-order valence-electron chi connectivity index (χ3n) is 3.05. The molecule has 0 saturated heterocycles. The first kappa shape index (κ1) is 12.3. The summed E-state index contributed by atoms with van der Waals surface area (Å²) in [5.74, 6) is 0.718. The molecular formula is C13H22O2. The van der Waals surface area contributed by atoms with Crippen molar-refractivity contribution in [1.29, 1.82) is 0 Å². The normalized spacial score (nSPS) is 21.2. The van der Waals surface area contributed by atoms with Gasteiger partial charge in [0.2, 0.25) is 0 Å². The molecule has 86 valence electrons. The average Bonchev–Trinajstić information content (AvgIpc) is 2.22. The Bertz CT molecular complexity index is 221. The van der Waals surface area contributed by atoms with Gasteiger partial charge in [0.05, 0.1) is 6.61 Å². The number of carbonyl (C=O) groups excluding carboxylic acids is 1. The lowest BCUT2D eigenvalue weighted by atomic mass is 9.83. The van der Waals surface area contributed by atoms with Crippen LogP contribution >= 0.6 is 0 Å². The van der Waals surface area contributed by atoms with E-state index in [1.165, 1.54) is 31.3 Å². The molecular weight excluding hydrogens is 188 g/mol. The van der Waals surface area contributed by atoms with Crippen LogP contribution in [-0.4, -0.2) is 12.6 Å². The molecule has 0 aliphatic heterocycles. The Balaban J connectivity index is 2.33. The first-order valence-electron chi connectivity index (χ1n) is 6.12. The molecule has 1 aliphatic rings. The molecule has 0 heterocycles. The highest BCUT2D eigenvalue weighted by molar-refractivity contribution is 5.82. The number of hydrogen-bond donors (Lipinski definition) is 0. The number of allylic oxidation sites excluding steroid dienone is 1. The van der Waals surface area contributed by atoms with E-state index in [1.807, 2.05) is 6.92 Å². The molecule has 1 rings (SSSR count). The second kappa shape index (κ2) is 6.65. The molecule has 0 radical (unpaired) electrons. The molecule has 0 unspecified atom stereocenters. The maximum absolute atomic E-state index is 11.2. The standard InChI is InChI=1S/C13H22O2/c1-3-5-11-6-8-12(9-7-11)10-13(14)15-4-2/h10-11H,3-9H2,1-2H3. The van der Waals surface area contributed by atoms with Crippen molar-refractivity contribution in [1.82, 2.24) is 0 Å². The Labute approximate surface area is 92.7 Å². The van der Waals surface area contributed by atoms with Gasteiger partial charge in [-0.15, -0.1) is 0 Å². The van der Waals surface area contributed by atoms with Crippen molar-refractivity contribution in [3.8, 4) is 0 Å². The minimum Gasteiger partial charge on any atom is -0.463 e. The Hall–Kier alpha value is -0.790. The topological polar surface area (TPSA) is 26.3 Å². The van der Waals surface area contributed by atoms with Crippen LogP contribution in [0.15, 0.2) is 11.6 Å². The van der Waals surface area contributed by atoms with Crippen molar-refractivity contribution in [2.75, 3.05) is 6.61 Å². The van der Waals surface area contributed by atoms with Gasteiger partial charge in [-0.2, -0.15) is 0 Å². The van der Waals surface area contributed by atoms with Crippen LogP contribution in [0.25, 0.3) is 0 Å². The fourth-order valence-electron chi connectivity index (χ4n) is 2.24. The van der Waals surface area contributed by atoms with Crippen molar-refractivity contribution < 1.29 is 9.53 Å². The van der Waals surface area contributed by atoms with Gasteiger partial charge in [-0.05, 0) is 38.5 Å². The second-order valence-corrected chi connectivity index (χ2v) is 4.29. The lowest BCUT2D eigenvalue weighted by Gasteiger charge is -2.23. The quantitative estimate of drug-likeness (QED) is 0.524. The van der Waals surface area contributed by atoms with Gasteiger partial charge in [-0.25, -0.2) is 4.79 Å². The van der Waals surface area contributed by atoms with E-state index in [2.05, 4.69) is 6.92 Å². The van der Waals surface area contributed by atoms with E-state index >= 15 is 0 Å². The van der Waals surface area contributed by atoms with Crippen LogP contribution in [-0.2, 0) is 9.53 Å². The fraction of sp³-hybridized carbons (Fsp3) is 0.769. The highest BCUT2D eigenvalue weighted by Crippen LogP contribution is 2.30. The number of rotatable bonds is 4. The summed E-state index contributed by atoms with van der Waals surface area (Å²) < 4.78 is 4.90. The van der Waals surface area contributed by atoms with E-state index in [4.69, 9.17) is 4.74 Å². The summed E-state index contributed by atoms with van der Waals surface area (Å²) in [4.78, 5) is 11.2. The molecule has 1 aliphatic carbocycles. The zero-order chi connectivity index (χ0) is 11.1. The van der Waals surface area contributed by atoms with Crippen molar-refractivity contribution in [3.05, 3.63) is 11.6 Å². The van der Waals surface area contributed by atoms with Gasteiger partial charge in [0.25, 0.3) is 0 Å². The largest absolute Gasteiger partial charge is 0.463 e. The maximum Gasteiger partial charge on any atom is 0.330 e. The summed E-state index contributed by atoms with van der Waals surface area (Å²) in [6, 6.07) is 0. The highest BCUT2D eigenvalue weighted by Gasteiger charge is 2.16. The van der Waals surface area contributed by atoms with Crippen LogP contribution in [0.4, 0.5) is 0 Å². The third-order valence-corrected chi connectivity index (χ3v) is 3.05. The predicted molar refractivity (Wildman–Crippen MR) is 61.6 cm³/mol. The number of esters is 1. The van der Waals surface area contributed by atoms with Crippen LogP contribution in [0, 0.1) is 5.92 Å². The molecule has 1 saturated carbocycles. The Morgan fingerprint density at radius 1 is 1.40 bits per heavy atom. The van der Waals surface area contributed by atoms with E-state index in [-0.39, 0.29) is 5.97 Å². The van der Waals surface area contributed by atoms with Crippen LogP contribution in [0.2, 0.25) is 0 Å². The van der Waals surface area contributed by atoms with Gasteiger partial charge >= 0.3 is 5.97 Å². The molecule has 2 nitrogen and oxygen atoms in total. The van der Waals surface area contributed by atoms with Crippen LogP contribution in [0.3, 0.4) is 0 Å². The summed E-state index contributed by atoms with van der Waals surface area (Å²) >= 11 is 0. The highest BCUT2D eigenvalue weighted by atomic mass is 16.5. The molecule has 0 amide bonds. The number of hydrogen-bond acceptors (Lipinski definition) is 2. The van der Waals surface area contributed by atoms with Crippen molar-refractivity contribution in [2.45, 2.75) is 52.4 Å². The smallest absolute Gasteiger partial charge is 0.330 e. The number of ether oxygens (including phenoxy) is 1. The minimum atomic E-state index is -0.165. The molecule has 0 aromatic heterocycles. The average molecular weight is 210 g/mol. The summed E-state index contributed by atoms with van der Waals surface area (Å²) in [6.45, 7) is 4.56. The van der Waals surface area contributed by atoms with E-state index in [0.29, 0.717) is 6.61 Å². The molecule has 1 fully saturated rings. The summed E-state index contributed by atoms with van der Waals surface area (Å²) in [5, 5.41) is 0. The molecule has 15 heavy (non-hydrogen) atoms. The maximum atomic E-state index is 11.2. The first-order chi connectivity index (χ1) is 7.26. The van der Waals surface area contributed by atoms with Gasteiger partial charge in [0, 0.05) is 6.08 Å². The molecule has 0 spiro atoms. The predicted octanol–water partition coefficient (Wildman–Crippen LogP) is 3.47. The fourth-order valence-corrected chi connectivity index (χ4v) is 2.24. The zero-order valence-corrected chi connectivity index (χ0v) is 9.92.